The number of aryl methyl sites for hydroxylation is 1. The summed E-state index contributed by atoms with van der Waals surface area (Å²) in [5, 5.41) is 2.91. The monoisotopic (exact) mass is 341 g/mol. The molecule has 0 bridgehead atoms. The molecule has 1 aromatic carbocycles. The van der Waals surface area contributed by atoms with Crippen LogP contribution in [0.2, 0.25) is 0 Å². The second-order valence-electron chi connectivity index (χ2n) is 6.45. The van der Waals surface area contributed by atoms with Crippen LogP contribution in [-0.4, -0.2) is 22.9 Å². The van der Waals surface area contributed by atoms with E-state index < -0.39 is 5.91 Å². The lowest BCUT2D eigenvalue weighted by Gasteiger charge is -2.28. The second kappa shape index (κ2) is 7.42. The third-order valence-corrected chi connectivity index (χ3v) is 4.57. The second-order valence-corrected chi connectivity index (χ2v) is 6.45. The van der Waals surface area contributed by atoms with Crippen molar-refractivity contribution in [2.75, 3.05) is 5.32 Å². The first-order valence-corrected chi connectivity index (χ1v) is 8.56. The van der Waals surface area contributed by atoms with E-state index in [-0.39, 0.29) is 12.1 Å². The summed E-state index contributed by atoms with van der Waals surface area (Å²) in [5.74, 6) is 1.13. The van der Waals surface area contributed by atoms with Crippen molar-refractivity contribution in [1.82, 2.24) is 4.90 Å². The largest absolute Gasteiger partial charge is 0.464 e. The fraction of sp³-hybridized carbons (Fsp3) is 0.368. The number of furan rings is 1. The highest BCUT2D eigenvalue weighted by Crippen LogP contribution is 2.26. The number of rotatable bonds is 5. The predicted octanol–water partition coefficient (Wildman–Crippen LogP) is 3.66. The quantitative estimate of drug-likeness (QED) is 0.870. The fourth-order valence-corrected chi connectivity index (χ4v) is 3.23. The number of carbonyl (C=O) groups excluding carboxylic acids is 2. The minimum absolute atomic E-state index is 0.159. The number of nitrogens with one attached hydrogen (secondary N) is 1. The Balaban J connectivity index is 1.72. The topological polar surface area (TPSA) is 88.6 Å². The molecule has 1 heterocycles. The summed E-state index contributed by atoms with van der Waals surface area (Å²) in [6, 6.07) is 10.4. The molecule has 2 aromatic rings. The van der Waals surface area contributed by atoms with Crippen molar-refractivity contribution >= 4 is 17.6 Å². The third-order valence-electron chi connectivity index (χ3n) is 4.57. The Hall–Kier alpha value is -2.76. The van der Waals surface area contributed by atoms with Crippen LogP contribution in [0.1, 0.15) is 47.6 Å². The van der Waals surface area contributed by atoms with Gasteiger partial charge in [-0.2, -0.15) is 0 Å². The highest BCUT2D eigenvalue weighted by atomic mass is 16.3. The Morgan fingerprint density at radius 2 is 1.84 bits per heavy atom. The molecule has 6 nitrogen and oxygen atoms in total. The zero-order valence-electron chi connectivity index (χ0n) is 14.3. The van der Waals surface area contributed by atoms with Gasteiger partial charge in [0, 0.05) is 17.3 Å². The molecular formula is C19H23N3O3. The highest BCUT2D eigenvalue weighted by molar-refractivity contribution is 5.94. The lowest BCUT2D eigenvalue weighted by Crippen LogP contribution is -2.41. The van der Waals surface area contributed by atoms with E-state index in [0.29, 0.717) is 17.8 Å². The number of urea groups is 1. The van der Waals surface area contributed by atoms with Crippen molar-refractivity contribution < 1.29 is 14.0 Å². The van der Waals surface area contributed by atoms with Crippen LogP contribution >= 0.6 is 0 Å². The van der Waals surface area contributed by atoms with Gasteiger partial charge in [-0.25, -0.2) is 4.79 Å². The zero-order valence-corrected chi connectivity index (χ0v) is 14.3. The van der Waals surface area contributed by atoms with Crippen molar-refractivity contribution in [3.8, 4) is 0 Å². The van der Waals surface area contributed by atoms with Gasteiger partial charge in [0.1, 0.15) is 11.5 Å². The highest BCUT2D eigenvalue weighted by Gasteiger charge is 2.27. The number of nitrogens with zero attached hydrogens (tertiary/aromatic N) is 1. The number of anilines is 1. The van der Waals surface area contributed by atoms with Gasteiger partial charge in [-0.3, -0.25) is 4.79 Å². The first kappa shape index (κ1) is 17.1. The average Bonchev–Trinajstić information content (AvgIpc) is 3.24. The van der Waals surface area contributed by atoms with E-state index in [4.69, 9.17) is 10.2 Å². The molecule has 3 amide bonds. The molecule has 0 spiro atoms. The molecule has 132 valence electrons. The lowest BCUT2D eigenvalue weighted by molar-refractivity contribution is 0.100. The molecule has 0 unspecified atom stereocenters. The van der Waals surface area contributed by atoms with Gasteiger partial charge < -0.3 is 20.4 Å². The van der Waals surface area contributed by atoms with E-state index in [1.165, 1.54) is 0 Å². The molecule has 1 aromatic heterocycles. The van der Waals surface area contributed by atoms with Gasteiger partial charge in [-0.15, -0.1) is 0 Å². The zero-order chi connectivity index (χ0) is 17.8. The molecule has 1 aliphatic rings. The van der Waals surface area contributed by atoms with Gasteiger partial charge >= 0.3 is 6.03 Å². The number of carbonyl (C=O) groups is 2. The smallest absolute Gasteiger partial charge is 0.322 e. The van der Waals surface area contributed by atoms with Gasteiger partial charge in [0.2, 0.25) is 5.91 Å². The minimum atomic E-state index is -0.487. The summed E-state index contributed by atoms with van der Waals surface area (Å²) in [7, 11) is 0. The van der Waals surface area contributed by atoms with Gasteiger partial charge in [-0.1, -0.05) is 12.8 Å². The van der Waals surface area contributed by atoms with E-state index in [9.17, 15) is 9.59 Å². The number of amides is 3. The van der Waals surface area contributed by atoms with E-state index in [0.717, 1.165) is 37.2 Å². The van der Waals surface area contributed by atoms with Crippen molar-refractivity contribution in [2.45, 2.75) is 45.2 Å². The predicted molar refractivity (Wildman–Crippen MR) is 95.2 cm³/mol. The number of benzene rings is 1. The van der Waals surface area contributed by atoms with Crippen LogP contribution in [0.5, 0.6) is 0 Å². The SMILES string of the molecule is Cc1ccc(CN(C(=O)Nc2ccc(C(N)=O)cc2)C2CCCC2)o1. The molecule has 0 radical (unpaired) electrons. The Morgan fingerprint density at radius 3 is 2.40 bits per heavy atom. The van der Waals surface area contributed by atoms with Crippen molar-refractivity contribution in [1.29, 1.82) is 0 Å². The van der Waals surface area contributed by atoms with Crippen molar-refractivity contribution in [3.05, 3.63) is 53.5 Å². The lowest BCUT2D eigenvalue weighted by atomic mass is 10.2. The van der Waals surface area contributed by atoms with Crippen LogP contribution in [0.15, 0.2) is 40.8 Å². The first-order chi connectivity index (χ1) is 12.0. The van der Waals surface area contributed by atoms with E-state index in [2.05, 4.69) is 5.32 Å². The maximum Gasteiger partial charge on any atom is 0.322 e. The number of nitrogens with two attached hydrogens (primary N) is 1. The van der Waals surface area contributed by atoms with Gasteiger partial charge in [0.15, 0.2) is 0 Å². The Labute approximate surface area is 147 Å². The molecule has 0 aliphatic heterocycles. The normalized spacial score (nSPS) is 14.4. The maximum atomic E-state index is 12.8. The number of primary amides is 1. The molecule has 1 saturated carbocycles. The summed E-state index contributed by atoms with van der Waals surface area (Å²) in [6.45, 7) is 2.34. The fourth-order valence-electron chi connectivity index (χ4n) is 3.23. The van der Waals surface area contributed by atoms with Gasteiger partial charge in [-0.05, 0) is 56.2 Å². The van der Waals surface area contributed by atoms with Crippen molar-refractivity contribution in [2.24, 2.45) is 5.73 Å². The Morgan fingerprint density at radius 1 is 1.16 bits per heavy atom. The summed E-state index contributed by atoms with van der Waals surface area (Å²) >= 11 is 0. The van der Waals surface area contributed by atoms with E-state index >= 15 is 0 Å². The first-order valence-electron chi connectivity index (χ1n) is 8.56. The molecule has 25 heavy (non-hydrogen) atoms. The van der Waals surface area contributed by atoms with Gasteiger partial charge in [0.25, 0.3) is 0 Å². The standard InChI is InChI=1S/C19H23N3O3/c1-13-6-11-17(25-13)12-22(16-4-2-3-5-16)19(24)21-15-9-7-14(8-10-15)18(20)23/h6-11,16H,2-5,12H2,1H3,(H2,20,23)(H,21,24). The summed E-state index contributed by atoms with van der Waals surface area (Å²) in [5.41, 5.74) is 6.29. The molecular weight excluding hydrogens is 318 g/mol. The molecule has 0 saturated heterocycles. The summed E-state index contributed by atoms with van der Waals surface area (Å²) in [6.07, 6.45) is 4.29. The van der Waals surface area contributed by atoms with Crippen LogP contribution < -0.4 is 11.1 Å². The Kier molecular flexibility index (Phi) is 5.07. The molecule has 3 N–H and O–H groups in total. The average molecular weight is 341 g/mol. The van der Waals surface area contributed by atoms with Crippen molar-refractivity contribution in [3.63, 3.8) is 0 Å². The summed E-state index contributed by atoms with van der Waals surface area (Å²) < 4.78 is 5.64. The molecule has 3 rings (SSSR count). The third kappa shape index (κ3) is 4.21. The van der Waals surface area contributed by atoms with Gasteiger partial charge in [0.05, 0.1) is 6.54 Å². The number of hydrogen-bond donors (Lipinski definition) is 2. The molecule has 6 heteroatoms. The molecule has 1 aliphatic carbocycles. The minimum Gasteiger partial charge on any atom is -0.464 e. The van der Waals surface area contributed by atoms with Crippen LogP contribution in [-0.2, 0) is 6.54 Å². The molecule has 0 atom stereocenters. The maximum absolute atomic E-state index is 12.8. The van der Waals surface area contributed by atoms with Crippen LogP contribution in [0.4, 0.5) is 10.5 Å². The van der Waals surface area contributed by atoms with Crippen LogP contribution in [0, 0.1) is 6.92 Å². The van der Waals surface area contributed by atoms with E-state index in [1.807, 2.05) is 24.0 Å². The van der Waals surface area contributed by atoms with Crippen LogP contribution in [0.3, 0.4) is 0 Å². The van der Waals surface area contributed by atoms with Crippen LogP contribution in [0.25, 0.3) is 0 Å². The Bertz CT molecular complexity index is 746. The summed E-state index contributed by atoms with van der Waals surface area (Å²) in [4.78, 5) is 25.8. The molecule has 1 fully saturated rings. The van der Waals surface area contributed by atoms with E-state index in [1.54, 1.807) is 24.3 Å². The number of hydrogen-bond acceptors (Lipinski definition) is 3.